The van der Waals surface area contributed by atoms with Crippen LogP contribution in [0.2, 0.25) is 0 Å². The third-order valence-electron chi connectivity index (χ3n) is 2.84. The van der Waals surface area contributed by atoms with E-state index >= 15 is 0 Å². The molecular formula is C13H20N4. The fraction of sp³-hybridized carbons (Fsp3) is 0.462. The second-order valence-electron chi connectivity index (χ2n) is 4.17. The van der Waals surface area contributed by atoms with Crippen LogP contribution in [0.25, 0.3) is 11.0 Å². The molecule has 0 aliphatic rings. The largest absolute Gasteiger partial charge is 0.331 e. The van der Waals surface area contributed by atoms with E-state index in [9.17, 15) is 0 Å². The van der Waals surface area contributed by atoms with Crippen LogP contribution in [-0.2, 0) is 6.54 Å². The minimum Gasteiger partial charge on any atom is -0.331 e. The van der Waals surface area contributed by atoms with E-state index in [1.807, 2.05) is 18.5 Å². The first-order valence-electron chi connectivity index (χ1n) is 6.22. The van der Waals surface area contributed by atoms with Gasteiger partial charge >= 0.3 is 0 Å². The van der Waals surface area contributed by atoms with Gasteiger partial charge in [-0.25, -0.2) is 4.98 Å². The molecule has 0 radical (unpaired) electrons. The summed E-state index contributed by atoms with van der Waals surface area (Å²) in [4.78, 5) is 4.37. The molecule has 0 bridgehead atoms. The molecule has 1 aromatic carbocycles. The molecule has 17 heavy (non-hydrogen) atoms. The number of fused-ring (bicyclic) bond motifs is 1. The van der Waals surface area contributed by atoms with Crippen LogP contribution in [0.1, 0.15) is 12.8 Å². The van der Waals surface area contributed by atoms with E-state index in [1.54, 1.807) is 0 Å². The number of hydrogen-bond acceptors (Lipinski definition) is 3. The lowest BCUT2D eigenvalue weighted by molar-refractivity contribution is 0.579. The summed E-state index contributed by atoms with van der Waals surface area (Å²) in [6, 6.07) is 8.24. The van der Waals surface area contributed by atoms with Gasteiger partial charge in [-0.05, 0) is 44.6 Å². The average molecular weight is 232 g/mol. The van der Waals surface area contributed by atoms with Gasteiger partial charge in [0.25, 0.3) is 0 Å². The van der Waals surface area contributed by atoms with Gasteiger partial charge in [-0.2, -0.15) is 0 Å². The molecule has 0 unspecified atom stereocenters. The van der Waals surface area contributed by atoms with Crippen molar-refractivity contribution in [2.24, 2.45) is 5.73 Å². The first-order valence-corrected chi connectivity index (χ1v) is 6.22. The minimum absolute atomic E-state index is 0.763. The summed E-state index contributed by atoms with van der Waals surface area (Å²) in [6.45, 7) is 3.82. The highest BCUT2D eigenvalue weighted by molar-refractivity contribution is 5.74. The van der Waals surface area contributed by atoms with Gasteiger partial charge in [-0.15, -0.1) is 0 Å². The number of para-hydroxylation sites is 2. The van der Waals surface area contributed by atoms with E-state index in [0.29, 0.717) is 0 Å². The van der Waals surface area contributed by atoms with Gasteiger partial charge in [-0.3, -0.25) is 0 Å². The van der Waals surface area contributed by atoms with Crippen LogP contribution in [0.4, 0.5) is 0 Å². The van der Waals surface area contributed by atoms with Crippen LogP contribution in [0, 0.1) is 0 Å². The summed E-state index contributed by atoms with van der Waals surface area (Å²) in [5.74, 6) is 0. The predicted molar refractivity (Wildman–Crippen MR) is 70.9 cm³/mol. The molecule has 1 heterocycles. The SMILES string of the molecule is NCCCNCCCn1cnc2ccccc21. The number of aryl methyl sites for hydroxylation is 1. The minimum atomic E-state index is 0.763. The Morgan fingerprint density at radius 3 is 2.88 bits per heavy atom. The van der Waals surface area contributed by atoms with Crippen LogP contribution in [0.3, 0.4) is 0 Å². The Balaban J connectivity index is 1.79. The topological polar surface area (TPSA) is 55.9 Å². The monoisotopic (exact) mass is 232 g/mol. The molecule has 1 aromatic heterocycles. The Morgan fingerprint density at radius 2 is 2.00 bits per heavy atom. The molecule has 0 fully saturated rings. The van der Waals surface area contributed by atoms with Crippen molar-refractivity contribution in [1.29, 1.82) is 0 Å². The number of aromatic nitrogens is 2. The molecule has 0 atom stereocenters. The molecule has 0 aliphatic carbocycles. The zero-order chi connectivity index (χ0) is 11.9. The maximum atomic E-state index is 5.43. The summed E-state index contributed by atoms with van der Waals surface area (Å²) >= 11 is 0. The second-order valence-corrected chi connectivity index (χ2v) is 4.17. The summed E-state index contributed by atoms with van der Waals surface area (Å²) < 4.78 is 2.21. The number of nitrogens with two attached hydrogens (primary N) is 1. The van der Waals surface area contributed by atoms with Gasteiger partial charge in [-0.1, -0.05) is 12.1 Å². The summed E-state index contributed by atoms with van der Waals surface area (Å²) in [5, 5.41) is 3.38. The predicted octanol–water partition coefficient (Wildman–Crippen LogP) is 1.36. The van der Waals surface area contributed by atoms with E-state index in [-0.39, 0.29) is 0 Å². The van der Waals surface area contributed by atoms with Crippen LogP contribution >= 0.6 is 0 Å². The molecule has 4 heteroatoms. The maximum absolute atomic E-state index is 5.43. The van der Waals surface area contributed by atoms with Crippen LogP contribution in [0.15, 0.2) is 30.6 Å². The summed E-state index contributed by atoms with van der Waals surface area (Å²) in [5.41, 5.74) is 7.72. The lowest BCUT2D eigenvalue weighted by atomic mass is 10.3. The highest BCUT2D eigenvalue weighted by atomic mass is 15.0. The normalized spacial score (nSPS) is 11.1. The average Bonchev–Trinajstić information content (AvgIpc) is 2.77. The Labute approximate surface area is 102 Å². The number of rotatable bonds is 7. The second kappa shape index (κ2) is 6.37. The first-order chi connectivity index (χ1) is 8.42. The Hall–Kier alpha value is -1.39. The van der Waals surface area contributed by atoms with Gasteiger partial charge < -0.3 is 15.6 Å². The fourth-order valence-corrected chi connectivity index (χ4v) is 1.91. The summed E-state index contributed by atoms with van der Waals surface area (Å²) in [7, 11) is 0. The Morgan fingerprint density at radius 1 is 1.18 bits per heavy atom. The van der Waals surface area contributed by atoms with Crippen molar-refractivity contribution < 1.29 is 0 Å². The standard InChI is InChI=1S/C13H20N4/c14-7-3-8-15-9-4-10-17-11-16-12-5-1-2-6-13(12)17/h1-2,5-6,11,15H,3-4,7-10,14H2. The number of imidazole rings is 1. The van der Waals surface area contributed by atoms with Crippen LogP contribution < -0.4 is 11.1 Å². The third-order valence-corrected chi connectivity index (χ3v) is 2.84. The van der Waals surface area contributed by atoms with Gasteiger partial charge in [0.2, 0.25) is 0 Å². The quantitative estimate of drug-likeness (QED) is 0.709. The van der Waals surface area contributed by atoms with Crippen LogP contribution in [0.5, 0.6) is 0 Å². The van der Waals surface area contributed by atoms with Crippen molar-refractivity contribution in [3.63, 3.8) is 0 Å². The molecule has 4 nitrogen and oxygen atoms in total. The first kappa shape index (κ1) is 12.1. The van der Waals surface area contributed by atoms with Crippen molar-refractivity contribution >= 4 is 11.0 Å². The van der Waals surface area contributed by atoms with E-state index < -0.39 is 0 Å². The van der Waals surface area contributed by atoms with Crippen molar-refractivity contribution in [2.45, 2.75) is 19.4 Å². The number of hydrogen-bond donors (Lipinski definition) is 2. The molecule has 92 valence electrons. The molecule has 3 N–H and O–H groups in total. The van der Waals surface area contributed by atoms with Gasteiger partial charge in [0, 0.05) is 6.54 Å². The lowest BCUT2D eigenvalue weighted by Crippen LogP contribution is -2.20. The number of nitrogens with one attached hydrogen (secondary N) is 1. The van der Waals surface area contributed by atoms with Crippen molar-refractivity contribution in [1.82, 2.24) is 14.9 Å². The van der Waals surface area contributed by atoms with Crippen molar-refractivity contribution in [3.8, 4) is 0 Å². The summed E-state index contributed by atoms with van der Waals surface area (Å²) in [6.07, 6.45) is 4.09. The van der Waals surface area contributed by atoms with Crippen molar-refractivity contribution in [3.05, 3.63) is 30.6 Å². The highest BCUT2D eigenvalue weighted by Gasteiger charge is 2.00. The van der Waals surface area contributed by atoms with E-state index in [1.165, 1.54) is 5.52 Å². The zero-order valence-corrected chi connectivity index (χ0v) is 10.1. The van der Waals surface area contributed by atoms with Crippen molar-refractivity contribution in [2.75, 3.05) is 19.6 Å². The lowest BCUT2D eigenvalue weighted by Gasteiger charge is -2.05. The molecule has 0 saturated carbocycles. The molecule has 0 aliphatic heterocycles. The Bertz CT molecular complexity index is 449. The smallest absolute Gasteiger partial charge is 0.0958 e. The fourth-order valence-electron chi connectivity index (χ4n) is 1.91. The highest BCUT2D eigenvalue weighted by Crippen LogP contribution is 2.11. The maximum Gasteiger partial charge on any atom is 0.0958 e. The van der Waals surface area contributed by atoms with E-state index in [0.717, 1.165) is 44.5 Å². The van der Waals surface area contributed by atoms with E-state index in [4.69, 9.17) is 5.73 Å². The molecule has 0 amide bonds. The number of nitrogens with zero attached hydrogens (tertiary/aromatic N) is 2. The number of benzene rings is 1. The van der Waals surface area contributed by atoms with Gasteiger partial charge in [0.05, 0.1) is 17.4 Å². The molecule has 2 rings (SSSR count). The van der Waals surface area contributed by atoms with Crippen LogP contribution in [-0.4, -0.2) is 29.2 Å². The molecular weight excluding hydrogens is 212 g/mol. The third kappa shape index (κ3) is 3.28. The molecule has 2 aromatic rings. The Kier molecular flexibility index (Phi) is 4.53. The zero-order valence-electron chi connectivity index (χ0n) is 10.1. The molecule has 0 saturated heterocycles. The van der Waals surface area contributed by atoms with Gasteiger partial charge in [0.1, 0.15) is 0 Å². The molecule has 0 spiro atoms. The van der Waals surface area contributed by atoms with Gasteiger partial charge in [0.15, 0.2) is 0 Å². The van der Waals surface area contributed by atoms with E-state index in [2.05, 4.69) is 27.0 Å².